The average Bonchev–Trinajstić information content (AvgIpc) is 2.63. The molecule has 0 spiro atoms. The first kappa shape index (κ1) is 14.2. The summed E-state index contributed by atoms with van der Waals surface area (Å²) < 4.78 is 8.34. The molecule has 0 bridgehead atoms. The molecule has 0 fully saturated rings. The number of hydrogen-bond acceptors (Lipinski definition) is 2. The molecule has 2 rings (SSSR count). The molecule has 0 saturated heterocycles. The van der Waals surface area contributed by atoms with Gasteiger partial charge in [0.25, 0.3) is 0 Å². The van der Waals surface area contributed by atoms with Crippen molar-refractivity contribution in [3.05, 3.63) is 48.7 Å². The summed E-state index contributed by atoms with van der Waals surface area (Å²) in [5, 5.41) is 3.35. The van der Waals surface area contributed by atoms with E-state index in [1.165, 1.54) is 11.1 Å². The van der Waals surface area contributed by atoms with Crippen LogP contribution in [0.15, 0.2) is 36.2 Å². The number of anilines is 1. The van der Waals surface area contributed by atoms with Crippen LogP contribution >= 0.6 is 47.8 Å². The summed E-state index contributed by atoms with van der Waals surface area (Å²) in [4.78, 5) is 0. The Morgan fingerprint density at radius 2 is 1.67 bits per heavy atom. The molecule has 1 N–H and O–H groups in total. The highest BCUT2D eigenvalue weighted by Gasteiger charge is 2.07. The number of aryl methyl sites for hydroxylation is 2. The predicted molar refractivity (Wildman–Crippen MR) is 85.1 cm³/mol. The molecular weight excluding hydrogens is 426 g/mol. The van der Waals surface area contributed by atoms with Gasteiger partial charge in [0.15, 0.2) is 4.67 Å². The number of rotatable bonds is 3. The van der Waals surface area contributed by atoms with Crippen molar-refractivity contribution in [1.82, 2.24) is 0 Å². The average molecular weight is 438 g/mol. The van der Waals surface area contributed by atoms with Crippen molar-refractivity contribution in [2.24, 2.45) is 0 Å². The molecule has 1 aromatic heterocycles. The summed E-state index contributed by atoms with van der Waals surface area (Å²) in [6.45, 7) is 4.83. The third-order valence-electron chi connectivity index (χ3n) is 2.60. The lowest BCUT2D eigenvalue weighted by Crippen LogP contribution is -1.99. The van der Waals surface area contributed by atoms with E-state index in [2.05, 4.69) is 79.1 Å². The Balaban J connectivity index is 2.11. The fourth-order valence-electron chi connectivity index (χ4n) is 1.72. The number of benzene rings is 1. The van der Waals surface area contributed by atoms with Gasteiger partial charge in [-0.25, -0.2) is 0 Å². The summed E-state index contributed by atoms with van der Waals surface area (Å²) in [7, 11) is 0. The zero-order valence-corrected chi connectivity index (χ0v) is 14.7. The van der Waals surface area contributed by atoms with Crippen LogP contribution in [0.1, 0.15) is 16.9 Å². The summed E-state index contributed by atoms with van der Waals surface area (Å²) in [5.41, 5.74) is 3.54. The molecule has 1 heterocycles. The van der Waals surface area contributed by atoms with E-state index in [4.69, 9.17) is 4.42 Å². The zero-order valence-electron chi connectivity index (χ0n) is 9.98. The molecule has 0 aliphatic carbocycles. The molecule has 0 aliphatic heterocycles. The molecule has 2 aromatic rings. The zero-order chi connectivity index (χ0) is 13.3. The lowest BCUT2D eigenvalue weighted by molar-refractivity contribution is 0.494. The highest BCUT2D eigenvalue weighted by Crippen LogP contribution is 2.28. The van der Waals surface area contributed by atoms with Crippen molar-refractivity contribution < 1.29 is 4.42 Å². The van der Waals surface area contributed by atoms with Crippen LogP contribution in [0, 0.1) is 13.8 Å². The molecule has 0 amide bonds. The third kappa shape index (κ3) is 3.19. The van der Waals surface area contributed by atoms with Gasteiger partial charge >= 0.3 is 0 Å². The highest BCUT2D eigenvalue weighted by atomic mass is 79.9. The topological polar surface area (TPSA) is 25.2 Å². The summed E-state index contributed by atoms with van der Waals surface area (Å²) >= 11 is 10.3. The van der Waals surface area contributed by atoms with E-state index in [9.17, 15) is 0 Å². The maximum Gasteiger partial charge on any atom is 0.183 e. The first-order valence-electron chi connectivity index (χ1n) is 5.41. The second-order valence-electron chi connectivity index (χ2n) is 4.11. The minimum absolute atomic E-state index is 0.657. The SMILES string of the molecule is Cc1cc(NCc2cc(Br)c(Br)o2)cc(C)c1Br. The standard InChI is InChI=1S/C13H12Br3NO/c1-7-3-9(4-8(2)12(7)15)17-6-10-5-11(14)13(16)18-10/h3-5,17H,6H2,1-2H3. The van der Waals surface area contributed by atoms with Crippen LogP contribution in [0.25, 0.3) is 0 Å². The first-order valence-corrected chi connectivity index (χ1v) is 7.79. The van der Waals surface area contributed by atoms with E-state index < -0.39 is 0 Å². The van der Waals surface area contributed by atoms with Gasteiger partial charge in [-0.3, -0.25) is 0 Å². The normalized spacial score (nSPS) is 10.7. The summed E-state index contributed by atoms with van der Waals surface area (Å²) in [6.07, 6.45) is 0. The van der Waals surface area contributed by atoms with Gasteiger partial charge in [0.05, 0.1) is 11.0 Å². The van der Waals surface area contributed by atoms with E-state index in [-0.39, 0.29) is 0 Å². The van der Waals surface area contributed by atoms with Crippen molar-refractivity contribution in [3.63, 3.8) is 0 Å². The van der Waals surface area contributed by atoms with Crippen molar-refractivity contribution in [2.75, 3.05) is 5.32 Å². The lowest BCUT2D eigenvalue weighted by Gasteiger charge is -2.09. The van der Waals surface area contributed by atoms with E-state index >= 15 is 0 Å². The maximum atomic E-state index is 5.52. The summed E-state index contributed by atoms with van der Waals surface area (Å²) in [5.74, 6) is 0.881. The van der Waals surface area contributed by atoms with Crippen LogP contribution in [-0.2, 0) is 6.54 Å². The molecule has 18 heavy (non-hydrogen) atoms. The number of halogens is 3. The number of hydrogen-bond donors (Lipinski definition) is 1. The number of nitrogens with one attached hydrogen (secondary N) is 1. The maximum absolute atomic E-state index is 5.52. The van der Waals surface area contributed by atoms with Crippen molar-refractivity contribution in [2.45, 2.75) is 20.4 Å². The Bertz CT molecular complexity index is 535. The van der Waals surface area contributed by atoms with Gasteiger partial charge in [-0.15, -0.1) is 0 Å². The molecule has 0 unspecified atom stereocenters. The fourth-order valence-corrected chi connectivity index (χ4v) is 2.60. The van der Waals surface area contributed by atoms with Crippen LogP contribution in [0.5, 0.6) is 0 Å². The largest absolute Gasteiger partial charge is 0.451 e. The Morgan fingerprint density at radius 1 is 1.06 bits per heavy atom. The van der Waals surface area contributed by atoms with E-state index in [1.54, 1.807) is 0 Å². The molecular formula is C13H12Br3NO. The molecule has 0 atom stereocenters. The molecule has 5 heteroatoms. The number of furan rings is 1. The van der Waals surface area contributed by atoms with Gasteiger partial charge in [-0.2, -0.15) is 0 Å². The van der Waals surface area contributed by atoms with Gasteiger partial charge in [0.1, 0.15) is 5.76 Å². The lowest BCUT2D eigenvalue weighted by atomic mass is 10.1. The Morgan fingerprint density at radius 3 is 2.17 bits per heavy atom. The quantitative estimate of drug-likeness (QED) is 0.656. The van der Waals surface area contributed by atoms with Crippen LogP contribution in [0.4, 0.5) is 5.69 Å². The predicted octanol–water partition coefficient (Wildman–Crippen LogP) is 5.80. The highest BCUT2D eigenvalue weighted by molar-refractivity contribution is 9.13. The van der Waals surface area contributed by atoms with E-state index in [1.807, 2.05) is 6.07 Å². The second-order valence-corrected chi connectivity index (χ2v) is 6.48. The molecule has 0 saturated carbocycles. The van der Waals surface area contributed by atoms with Crippen molar-refractivity contribution >= 4 is 53.5 Å². The van der Waals surface area contributed by atoms with Crippen LogP contribution < -0.4 is 5.32 Å². The van der Waals surface area contributed by atoms with Crippen LogP contribution in [0.3, 0.4) is 0 Å². The van der Waals surface area contributed by atoms with Crippen LogP contribution in [-0.4, -0.2) is 0 Å². The summed E-state index contributed by atoms with van der Waals surface area (Å²) in [6, 6.07) is 6.18. The van der Waals surface area contributed by atoms with E-state index in [0.717, 1.165) is 25.1 Å². The molecule has 0 radical (unpaired) electrons. The minimum atomic E-state index is 0.657. The second kappa shape index (κ2) is 5.80. The van der Waals surface area contributed by atoms with Gasteiger partial charge in [-0.05, 0) is 75.0 Å². The molecule has 96 valence electrons. The van der Waals surface area contributed by atoms with E-state index in [0.29, 0.717) is 6.54 Å². The van der Waals surface area contributed by atoms with Gasteiger partial charge in [0, 0.05) is 10.2 Å². The van der Waals surface area contributed by atoms with Crippen LogP contribution in [0.2, 0.25) is 0 Å². The van der Waals surface area contributed by atoms with Crippen molar-refractivity contribution in [3.8, 4) is 0 Å². The molecule has 2 nitrogen and oxygen atoms in total. The van der Waals surface area contributed by atoms with Gasteiger partial charge < -0.3 is 9.73 Å². The van der Waals surface area contributed by atoms with Gasteiger partial charge in [-0.1, -0.05) is 15.9 Å². The monoisotopic (exact) mass is 435 g/mol. The Labute approximate surface area is 132 Å². The fraction of sp³-hybridized carbons (Fsp3) is 0.231. The minimum Gasteiger partial charge on any atom is -0.451 e. The smallest absolute Gasteiger partial charge is 0.183 e. The molecule has 0 aliphatic rings. The first-order chi connectivity index (χ1) is 8.47. The van der Waals surface area contributed by atoms with Gasteiger partial charge in [0.2, 0.25) is 0 Å². The Kier molecular flexibility index (Phi) is 4.56. The molecule has 1 aromatic carbocycles. The van der Waals surface area contributed by atoms with Crippen molar-refractivity contribution in [1.29, 1.82) is 0 Å². The third-order valence-corrected chi connectivity index (χ3v) is 5.56. The Hall–Kier alpha value is -0.260.